The predicted molar refractivity (Wildman–Crippen MR) is 81.7 cm³/mol. The third kappa shape index (κ3) is 5.97. The average molecular weight is 297 g/mol. The van der Waals surface area contributed by atoms with Gasteiger partial charge in [-0.1, -0.05) is 12.1 Å². The molecule has 0 saturated heterocycles. The maximum Gasteiger partial charge on any atom is 0.239 e. The highest BCUT2D eigenvalue weighted by molar-refractivity contribution is 7.80. The lowest BCUT2D eigenvalue weighted by atomic mass is 10.2. The molecule has 0 unspecified atom stereocenters. The second-order valence-electron chi connectivity index (χ2n) is 4.86. The summed E-state index contributed by atoms with van der Waals surface area (Å²) >= 11 is 5.19. The van der Waals surface area contributed by atoms with Crippen LogP contribution in [0.25, 0.3) is 0 Å². The van der Waals surface area contributed by atoms with Crippen molar-refractivity contribution in [2.75, 3.05) is 13.6 Å². The average Bonchev–Trinajstić information content (AvgIpc) is 2.36. The number of thiocarbonyl (C=S) groups is 1. The van der Waals surface area contributed by atoms with Crippen LogP contribution in [0.2, 0.25) is 0 Å². The van der Waals surface area contributed by atoms with Gasteiger partial charge in [0.2, 0.25) is 5.91 Å². The molecule has 2 N–H and O–H groups in total. The monoisotopic (exact) mass is 297 g/mol. The van der Waals surface area contributed by atoms with Crippen molar-refractivity contribution in [2.45, 2.75) is 26.4 Å². The van der Waals surface area contributed by atoms with Crippen LogP contribution in [0, 0.1) is 5.82 Å². The molecule has 0 atom stereocenters. The third-order valence-corrected chi connectivity index (χ3v) is 2.99. The lowest BCUT2D eigenvalue weighted by molar-refractivity contribution is -0.121. The van der Waals surface area contributed by atoms with Gasteiger partial charge in [-0.2, -0.15) is 0 Å². The number of amides is 1. The lowest BCUT2D eigenvalue weighted by Gasteiger charge is -2.21. The molecule has 0 spiro atoms. The Labute approximate surface area is 124 Å². The summed E-state index contributed by atoms with van der Waals surface area (Å²) in [5.41, 5.74) is 0.925. The van der Waals surface area contributed by atoms with Gasteiger partial charge in [-0.05, 0) is 43.8 Å². The fourth-order valence-corrected chi connectivity index (χ4v) is 1.71. The van der Waals surface area contributed by atoms with Crippen molar-refractivity contribution in [3.05, 3.63) is 35.6 Å². The zero-order valence-corrected chi connectivity index (χ0v) is 12.8. The fourth-order valence-electron chi connectivity index (χ4n) is 1.57. The van der Waals surface area contributed by atoms with E-state index in [1.165, 1.54) is 12.1 Å². The molecule has 0 aliphatic rings. The van der Waals surface area contributed by atoms with Crippen LogP contribution < -0.4 is 10.6 Å². The van der Waals surface area contributed by atoms with Crippen LogP contribution in [-0.2, 0) is 11.3 Å². The molecule has 1 aromatic carbocycles. The highest BCUT2D eigenvalue weighted by Gasteiger charge is 2.10. The molecule has 0 aliphatic carbocycles. The Hall–Kier alpha value is -1.69. The van der Waals surface area contributed by atoms with Crippen molar-refractivity contribution in [3.8, 4) is 0 Å². The molecule has 0 radical (unpaired) electrons. The van der Waals surface area contributed by atoms with E-state index in [9.17, 15) is 9.18 Å². The van der Waals surface area contributed by atoms with E-state index in [0.29, 0.717) is 11.7 Å². The van der Waals surface area contributed by atoms with E-state index in [0.717, 1.165) is 5.56 Å². The molecule has 0 aromatic heterocycles. The van der Waals surface area contributed by atoms with Crippen molar-refractivity contribution in [1.29, 1.82) is 0 Å². The number of halogens is 1. The number of hydrogen-bond acceptors (Lipinski definition) is 2. The van der Waals surface area contributed by atoms with E-state index >= 15 is 0 Å². The van der Waals surface area contributed by atoms with E-state index in [4.69, 9.17) is 12.2 Å². The quantitative estimate of drug-likeness (QED) is 0.811. The molecule has 20 heavy (non-hydrogen) atoms. The summed E-state index contributed by atoms with van der Waals surface area (Å²) in [6.45, 7) is 4.51. The summed E-state index contributed by atoms with van der Waals surface area (Å²) in [5, 5.41) is 6.31. The van der Waals surface area contributed by atoms with Gasteiger partial charge in [0.25, 0.3) is 0 Å². The number of carbonyl (C=O) groups is 1. The van der Waals surface area contributed by atoms with Crippen LogP contribution in [0.15, 0.2) is 24.3 Å². The Bertz CT molecular complexity index is 462. The molecule has 1 rings (SSSR count). The molecule has 0 fully saturated rings. The second kappa shape index (κ2) is 7.79. The minimum Gasteiger partial charge on any atom is -0.358 e. The van der Waals surface area contributed by atoms with Crippen LogP contribution in [0.4, 0.5) is 4.39 Å². The number of hydrogen-bond donors (Lipinski definition) is 2. The number of rotatable bonds is 5. The molecular formula is C14H20FN3OS. The minimum absolute atomic E-state index is 0.0755. The van der Waals surface area contributed by atoms with Gasteiger partial charge in [-0.3, -0.25) is 4.79 Å². The van der Waals surface area contributed by atoms with E-state index in [2.05, 4.69) is 10.6 Å². The molecule has 0 aliphatic heterocycles. The van der Waals surface area contributed by atoms with Crippen molar-refractivity contribution in [2.24, 2.45) is 0 Å². The molecule has 1 amide bonds. The number of nitrogens with one attached hydrogen (secondary N) is 2. The summed E-state index contributed by atoms with van der Waals surface area (Å²) < 4.78 is 12.8. The first-order chi connectivity index (χ1) is 9.38. The largest absolute Gasteiger partial charge is 0.358 e. The highest BCUT2D eigenvalue weighted by atomic mass is 32.1. The van der Waals surface area contributed by atoms with Crippen LogP contribution in [0.3, 0.4) is 0 Å². The van der Waals surface area contributed by atoms with Crippen LogP contribution in [0.1, 0.15) is 19.4 Å². The smallest absolute Gasteiger partial charge is 0.239 e. The van der Waals surface area contributed by atoms with Crippen LogP contribution >= 0.6 is 12.2 Å². The normalized spacial score (nSPS) is 10.2. The fraction of sp³-hybridized carbons (Fsp3) is 0.429. The van der Waals surface area contributed by atoms with Crippen molar-refractivity contribution in [1.82, 2.24) is 15.5 Å². The molecule has 110 valence electrons. The zero-order chi connectivity index (χ0) is 15.1. The second-order valence-corrected chi connectivity index (χ2v) is 5.25. The minimum atomic E-state index is -0.265. The van der Waals surface area contributed by atoms with Crippen molar-refractivity contribution >= 4 is 23.2 Å². The molecule has 0 bridgehead atoms. The number of nitrogens with zero attached hydrogens (tertiary/aromatic N) is 1. The van der Waals surface area contributed by atoms with E-state index in [-0.39, 0.29) is 24.3 Å². The maximum atomic E-state index is 12.8. The van der Waals surface area contributed by atoms with Gasteiger partial charge in [0.05, 0.1) is 6.54 Å². The van der Waals surface area contributed by atoms with Crippen LogP contribution in [0.5, 0.6) is 0 Å². The summed E-state index contributed by atoms with van der Waals surface area (Å²) in [5.74, 6) is -0.341. The van der Waals surface area contributed by atoms with Gasteiger partial charge < -0.3 is 15.5 Å². The first-order valence-electron chi connectivity index (χ1n) is 6.41. The topological polar surface area (TPSA) is 44.4 Å². The van der Waals surface area contributed by atoms with Gasteiger partial charge in [-0.15, -0.1) is 0 Å². The van der Waals surface area contributed by atoms with E-state index in [1.54, 1.807) is 24.1 Å². The molecular weight excluding hydrogens is 277 g/mol. The Morgan fingerprint density at radius 3 is 2.50 bits per heavy atom. The zero-order valence-electron chi connectivity index (χ0n) is 11.9. The first-order valence-corrected chi connectivity index (χ1v) is 6.82. The number of benzene rings is 1. The standard InChI is InChI=1S/C14H20FN3OS/c1-10(2)17-13(19)9-18(3)14(20)16-8-11-4-6-12(15)7-5-11/h4-7,10H,8-9H2,1-3H3,(H,16,20)(H,17,19). The first kappa shape index (κ1) is 16.4. The molecule has 1 aromatic rings. The van der Waals surface area contributed by atoms with Gasteiger partial charge in [-0.25, -0.2) is 4.39 Å². The van der Waals surface area contributed by atoms with Crippen molar-refractivity contribution < 1.29 is 9.18 Å². The Morgan fingerprint density at radius 2 is 1.95 bits per heavy atom. The summed E-state index contributed by atoms with van der Waals surface area (Å²) in [7, 11) is 1.75. The Kier molecular flexibility index (Phi) is 6.38. The van der Waals surface area contributed by atoms with Gasteiger partial charge in [0.15, 0.2) is 5.11 Å². The lowest BCUT2D eigenvalue weighted by Crippen LogP contribution is -2.44. The maximum absolute atomic E-state index is 12.8. The van der Waals surface area contributed by atoms with Crippen LogP contribution in [-0.4, -0.2) is 35.6 Å². The SMILES string of the molecule is CC(C)NC(=O)CN(C)C(=S)NCc1ccc(F)cc1. The van der Waals surface area contributed by atoms with E-state index in [1.807, 2.05) is 13.8 Å². The summed E-state index contributed by atoms with van der Waals surface area (Å²) in [6.07, 6.45) is 0. The van der Waals surface area contributed by atoms with Gasteiger partial charge >= 0.3 is 0 Å². The molecule has 4 nitrogen and oxygen atoms in total. The highest BCUT2D eigenvalue weighted by Crippen LogP contribution is 2.02. The third-order valence-electron chi connectivity index (χ3n) is 2.53. The number of likely N-dealkylation sites (N-methyl/N-ethyl adjacent to an activating group) is 1. The predicted octanol–water partition coefficient (Wildman–Crippen LogP) is 1.66. The van der Waals surface area contributed by atoms with Gasteiger partial charge in [0, 0.05) is 19.6 Å². The Morgan fingerprint density at radius 1 is 1.35 bits per heavy atom. The number of carbonyl (C=O) groups excluding carboxylic acids is 1. The summed E-state index contributed by atoms with van der Waals surface area (Å²) in [4.78, 5) is 13.3. The summed E-state index contributed by atoms with van der Waals surface area (Å²) in [6, 6.07) is 6.30. The van der Waals surface area contributed by atoms with Crippen molar-refractivity contribution in [3.63, 3.8) is 0 Å². The molecule has 0 saturated carbocycles. The van der Waals surface area contributed by atoms with Gasteiger partial charge in [0.1, 0.15) is 5.82 Å². The Balaban J connectivity index is 2.38. The van der Waals surface area contributed by atoms with E-state index < -0.39 is 0 Å². The molecule has 0 heterocycles. The molecule has 6 heteroatoms.